The maximum Gasteiger partial charge on any atom is 0.270 e. The first kappa shape index (κ1) is 18.5. The third kappa shape index (κ3) is 5.34. The Morgan fingerprint density at radius 3 is 2.67 bits per heavy atom. The van der Waals surface area contributed by atoms with Crippen molar-refractivity contribution in [1.29, 1.82) is 0 Å². The highest BCUT2D eigenvalue weighted by Gasteiger charge is 2.11. The number of anilines is 1. The summed E-state index contributed by atoms with van der Waals surface area (Å²) in [7, 11) is 1.92. The van der Waals surface area contributed by atoms with Gasteiger partial charge in [0, 0.05) is 38.7 Å². The Labute approximate surface area is 159 Å². The summed E-state index contributed by atoms with van der Waals surface area (Å²) in [5.74, 6) is 0.329. The summed E-state index contributed by atoms with van der Waals surface area (Å²) in [4.78, 5) is 27.1. The minimum atomic E-state index is -0.206. The van der Waals surface area contributed by atoms with Gasteiger partial charge in [-0.15, -0.1) is 0 Å². The average Bonchev–Trinajstić information content (AvgIpc) is 2.71. The Kier molecular flexibility index (Phi) is 6.10. The molecule has 0 aliphatic carbocycles. The molecule has 3 aromatic rings. The van der Waals surface area contributed by atoms with Crippen molar-refractivity contribution >= 4 is 11.9 Å². The maximum absolute atomic E-state index is 12.4. The molecule has 0 bridgehead atoms. The van der Waals surface area contributed by atoms with Crippen LogP contribution in [0.3, 0.4) is 0 Å². The second-order valence-corrected chi connectivity index (χ2v) is 6.44. The molecule has 0 radical (unpaired) electrons. The minimum Gasteiger partial charge on any atom is -0.347 e. The van der Waals surface area contributed by atoms with Crippen LogP contribution in [0.25, 0.3) is 0 Å². The summed E-state index contributed by atoms with van der Waals surface area (Å²) >= 11 is 0. The van der Waals surface area contributed by atoms with Gasteiger partial charge in [-0.3, -0.25) is 9.78 Å². The summed E-state index contributed by atoms with van der Waals surface area (Å²) < 4.78 is 0. The predicted molar refractivity (Wildman–Crippen MR) is 106 cm³/mol. The van der Waals surface area contributed by atoms with E-state index in [0.717, 1.165) is 18.5 Å². The highest BCUT2D eigenvalue weighted by atomic mass is 16.1. The summed E-state index contributed by atoms with van der Waals surface area (Å²) in [6.45, 7) is 3.25. The van der Waals surface area contributed by atoms with E-state index in [1.165, 1.54) is 11.1 Å². The SMILES string of the molecule is Cc1cccc(CNC(=O)c2ccnc(N(C)CCc3ccncc3)n2)c1. The number of carbonyl (C=O) groups is 1. The zero-order valence-electron chi connectivity index (χ0n) is 15.6. The van der Waals surface area contributed by atoms with Crippen LogP contribution in [0.1, 0.15) is 27.2 Å². The monoisotopic (exact) mass is 361 g/mol. The third-order valence-electron chi connectivity index (χ3n) is 4.24. The zero-order chi connectivity index (χ0) is 19.1. The van der Waals surface area contributed by atoms with E-state index in [1.807, 2.05) is 49.2 Å². The fourth-order valence-corrected chi connectivity index (χ4v) is 2.70. The number of aryl methyl sites for hydroxylation is 1. The van der Waals surface area contributed by atoms with Gasteiger partial charge < -0.3 is 10.2 Å². The molecule has 1 amide bonds. The Balaban J connectivity index is 1.59. The second-order valence-electron chi connectivity index (χ2n) is 6.44. The van der Waals surface area contributed by atoms with Gasteiger partial charge >= 0.3 is 0 Å². The number of carbonyl (C=O) groups excluding carboxylic acids is 1. The first-order valence-corrected chi connectivity index (χ1v) is 8.88. The van der Waals surface area contributed by atoms with Crippen LogP contribution < -0.4 is 10.2 Å². The van der Waals surface area contributed by atoms with Crippen molar-refractivity contribution in [3.63, 3.8) is 0 Å². The van der Waals surface area contributed by atoms with E-state index < -0.39 is 0 Å². The molecule has 0 unspecified atom stereocenters. The number of pyridine rings is 1. The van der Waals surface area contributed by atoms with Crippen molar-refractivity contribution in [2.45, 2.75) is 19.9 Å². The number of amides is 1. The van der Waals surface area contributed by atoms with Crippen LogP contribution in [0.15, 0.2) is 61.1 Å². The highest BCUT2D eigenvalue weighted by molar-refractivity contribution is 5.92. The largest absolute Gasteiger partial charge is 0.347 e. The van der Waals surface area contributed by atoms with E-state index in [9.17, 15) is 4.79 Å². The number of hydrogen-bond acceptors (Lipinski definition) is 5. The normalized spacial score (nSPS) is 10.4. The van der Waals surface area contributed by atoms with Crippen LogP contribution in [0, 0.1) is 6.92 Å². The van der Waals surface area contributed by atoms with E-state index in [2.05, 4.69) is 26.3 Å². The van der Waals surface area contributed by atoms with E-state index in [4.69, 9.17) is 0 Å². The van der Waals surface area contributed by atoms with E-state index in [0.29, 0.717) is 18.2 Å². The predicted octanol–water partition coefficient (Wildman–Crippen LogP) is 2.79. The molecule has 0 saturated carbocycles. The lowest BCUT2D eigenvalue weighted by Gasteiger charge is -2.17. The van der Waals surface area contributed by atoms with E-state index in [-0.39, 0.29) is 5.91 Å². The van der Waals surface area contributed by atoms with Crippen molar-refractivity contribution in [2.24, 2.45) is 0 Å². The smallest absolute Gasteiger partial charge is 0.270 e. The van der Waals surface area contributed by atoms with Gasteiger partial charge in [0.2, 0.25) is 5.95 Å². The molecule has 1 N–H and O–H groups in total. The van der Waals surface area contributed by atoms with Crippen molar-refractivity contribution in [1.82, 2.24) is 20.3 Å². The molecule has 27 heavy (non-hydrogen) atoms. The molecular formula is C21H23N5O. The van der Waals surface area contributed by atoms with Crippen molar-refractivity contribution in [3.05, 3.63) is 83.4 Å². The zero-order valence-corrected chi connectivity index (χ0v) is 15.6. The summed E-state index contributed by atoms with van der Waals surface area (Å²) in [6.07, 6.45) is 6.04. The highest BCUT2D eigenvalue weighted by Crippen LogP contribution is 2.08. The van der Waals surface area contributed by atoms with Crippen molar-refractivity contribution in [3.8, 4) is 0 Å². The van der Waals surface area contributed by atoms with Gasteiger partial charge in [-0.25, -0.2) is 9.97 Å². The average molecular weight is 361 g/mol. The van der Waals surface area contributed by atoms with Crippen LogP contribution >= 0.6 is 0 Å². The Hall–Kier alpha value is -3.28. The van der Waals surface area contributed by atoms with Crippen LogP contribution in [0.2, 0.25) is 0 Å². The van der Waals surface area contributed by atoms with Gasteiger partial charge in [0.15, 0.2) is 0 Å². The van der Waals surface area contributed by atoms with Gasteiger partial charge in [-0.1, -0.05) is 29.8 Å². The Morgan fingerprint density at radius 1 is 1.07 bits per heavy atom. The number of nitrogens with one attached hydrogen (secondary N) is 1. The first-order chi connectivity index (χ1) is 13.1. The molecule has 0 fully saturated rings. The molecule has 0 aliphatic rings. The van der Waals surface area contributed by atoms with Crippen LogP contribution in [0.4, 0.5) is 5.95 Å². The quantitative estimate of drug-likeness (QED) is 0.701. The third-order valence-corrected chi connectivity index (χ3v) is 4.24. The van der Waals surface area contributed by atoms with Gasteiger partial charge in [0.25, 0.3) is 5.91 Å². The molecule has 3 rings (SSSR count). The molecule has 0 saturated heterocycles. The minimum absolute atomic E-state index is 0.206. The van der Waals surface area contributed by atoms with Gasteiger partial charge in [0.1, 0.15) is 5.69 Å². The van der Waals surface area contributed by atoms with E-state index >= 15 is 0 Å². The summed E-state index contributed by atoms with van der Waals surface area (Å²) in [5, 5.41) is 2.91. The standard InChI is InChI=1S/C21H23N5O/c1-16-4-3-5-18(14-16)15-24-20(27)19-8-12-23-21(25-19)26(2)13-9-17-6-10-22-11-7-17/h3-8,10-12,14H,9,13,15H2,1-2H3,(H,24,27). The Morgan fingerprint density at radius 2 is 1.89 bits per heavy atom. The molecule has 138 valence electrons. The number of nitrogens with zero attached hydrogens (tertiary/aromatic N) is 4. The summed E-state index contributed by atoms with van der Waals surface area (Å²) in [5.41, 5.74) is 3.79. The number of benzene rings is 1. The van der Waals surface area contributed by atoms with Gasteiger partial charge in [-0.05, 0) is 42.7 Å². The van der Waals surface area contributed by atoms with Crippen molar-refractivity contribution < 1.29 is 4.79 Å². The lowest BCUT2D eigenvalue weighted by Crippen LogP contribution is -2.27. The lowest BCUT2D eigenvalue weighted by molar-refractivity contribution is 0.0946. The lowest BCUT2D eigenvalue weighted by atomic mass is 10.1. The number of aromatic nitrogens is 3. The molecule has 2 heterocycles. The van der Waals surface area contributed by atoms with E-state index in [1.54, 1.807) is 24.7 Å². The number of likely N-dealkylation sites (N-methyl/N-ethyl adjacent to an activating group) is 1. The molecule has 1 aromatic carbocycles. The van der Waals surface area contributed by atoms with Gasteiger partial charge in [-0.2, -0.15) is 0 Å². The molecule has 2 aromatic heterocycles. The molecular weight excluding hydrogens is 338 g/mol. The fourth-order valence-electron chi connectivity index (χ4n) is 2.70. The Bertz CT molecular complexity index is 898. The van der Waals surface area contributed by atoms with Crippen LogP contribution in [-0.4, -0.2) is 34.5 Å². The first-order valence-electron chi connectivity index (χ1n) is 8.88. The van der Waals surface area contributed by atoms with Gasteiger partial charge in [0.05, 0.1) is 0 Å². The fraction of sp³-hybridized carbons (Fsp3) is 0.238. The molecule has 0 atom stereocenters. The van der Waals surface area contributed by atoms with Crippen molar-refractivity contribution in [2.75, 3.05) is 18.5 Å². The summed E-state index contributed by atoms with van der Waals surface area (Å²) in [6, 6.07) is 13.7. The molecule has 0 spiro atoms. The number of hydrogen-bond donors (Lipinski definition) is 1. The topological polar surface area (TPSA) is 71.0 Å². The maximum atomic E-state index is 12.4. The second kappa shape index (κ2) is 8.89. The number of rotatable bonds is 7. The van der Waals surface area contributed by atoms with Crippen LogP contribution in [0.5, 0.6) is 0 Å². The van der Waals surface area contributed by atoms with Crippen LogP contribution in [-0.2, 0) is 13.0 Å². The molecule has 6 nitrogen and oxygen atoms in total. The molecule has 6 heteroatoms. The molecule has 0 aliphatic heterocycles.